The second kappa shape index (κ2) is 5.28. The highest BCUT2D eigenvalue weighted by Gasteiger charge is 2.52. The van der Waals surface area contributed by atoms with Crippen molar-refractivity contribution >= 4 is 0 Å². The van der Waals surface area contributed by atoms with Crippen molar-refractivity contribution in [3.63, 3.8) is 0 Å². The van der Waals surface area contributed by atoms with Crippen molar-refractivity contribution in [1.82, 2.24) is 20.4 Å². The van der Waals surface area contributed by atoms with Gasteiger partial charge in [-0.2, -0.15) is 4.98 Å². The van der Waals surface area contributed by atoms with Gasteiger partial charge in [-0.15, -0.1) is 0 Å². The van der Waals surface area contributed by atoms with E-state index >= 15 is 0 Å². The zero-order valence-corrected chi connectivity index (χ0v) is 13.5. The molecule has 0 aromatic carbocycles. The zero-order valence-electron chi connectivity index (χ0n) is 13.5. The molecular formula is C16H20N4O3. The number of aryl methyl sites for hydroxylation is 2. The summed E-state index contributed by atoms with van der Waals surface area (Å²) in [6, 6.07) is 1.99. The Morgan fingerprint density at radius 2 is 2.22 bits per heavy atom. The molecule has 0 amide bonds. The number of nitrogens with one attached hydrogen (secondary N) is 1. The van der Waals surface area contributed by atoms with Crippen LogP contribution in [0.3, 0.4) is 0 Å². The summed E-state index contributed by atoms with van der Waals surface area (Å²) in [4.78, 5) is 9.10. The maximum atomic E-state index is 5.66. The second-order valence-corrected chi connectivity index (χ2v) is 6.39. The standard InChI is InChI=1S/C16H20N4O3/c1-9-4-10(2)18-14(21-3)12(9)13-19-15(23-20-13)16-7-17-5-11(16)6-22-8-16/h4,11,17H,5-8H2,1-3H3/t11-,16-/m0/s1. The predicted molar refractivity (Wildman–Crippen MR) is 82.4 cm³/mol. The maximum absolute atomic E-state index is 5.66. The van der Waals surface area contributed by atoms with Gasteiger partial charge in [-0.3, -0.25) is 0 Å². The number of fused-ring (bicyclic) bond motifs is 1. The third-order valence-electron chi connectivity index (χ3n) is 4.87. The summed E-state index contributed by atoms with van der Waals surface area (Å²) in [5.41, 5.74) is 2.49. The first kappa shape index (κ1) is 14.6. The van der Waals surface area contributed by atoms with Gasteiger partial charge in [0.1, 0.15) is 0 Å². The zero-order chi connectivity index (χ0) is 16.0. The fraction of sp³-hybridized carbons (Fsp3) is 0.562. The third kappa shape index (κ3) is 2.14. The Morgan fingerprint density at radius 1 is 1.35 bits per heavy atom. The lowest BCUT2D eigenvalue weighted by molar-refractivity contribution is 0.161. The molecule has 2 atom stereocenters. The second-order valence-electron chi connectivity index (χ2n) is 6.39. The Morgan fingerprint density at radius 3 is 3.04 bits per heavy atom. The summed E-state index contributed by atoms with van der Waals surface area (Å²) in [7, 11) is 1.60. The van der Waals surface area contributed by atoms with Crippen LogP contribution in [0.5, 0.6) is 5.88 Å². The van der Waals surface area contributed by atoms with E-state index in [0.29, 0.717) is 30.1 Å². The summed E-state index contributed by atoms with van der Waals surface area (Å²) >= 11 is 0. The molecule has 0 saturated carbocycles. The third-order valence-corrected chi connectivity index (χ3v) is 4.87. The van der Waals surface area contributed by atoms with E-state index in [1.165, 1.54) is 0 Å². The molecule has 122 valence electrons. The van der Waals surface area contributed by atoms with Crippen LogP contribution in [0.1, 0.15) is 17.1 Å². The van der Waals surface area contributed by atoms with Crippen molar-refractivity contribution in [3.8, 4) is 17.3 Å². The molecule has 2 saturated heterocycles. The molecule has 0 radical (unpaired) electrons. The minimum Gasteiger partial charge on any atom is -0.480 e. The van der Waals surface area contributed by atoms with E-state index in [0.717, 1.165) is 36.5 Å². The summed E-state index contributed by atoms with van der Waals surface area (Å²) in [6.45, 7) is 7.02. The van der Waals surface area contributed by atoms with Gasteiger partial charge in [0.15, 0.2) is 0 Å². The topological polar surface area (TPSA) is 82.3 Å². The Bertz CT molecular complexity index is 733. The maximum Gasteiger partial charge on any atom is 0.237 e. The number of ether oxygens (including phenoxy) is 2. The van der Waals surface area contributed by atoms with E-state index in [1.54, 1.807) is 7.11 Å². The normalized spacial score (nSPS) is 26.5. The lowest BCUT2D eigenvalue weighted by atomic mass is 9.81. The average molecular weight is 316 g/mol. The lowest BCUT2D eigenvalue weighted by Crippen LogP contribution is -2.35. The van der Waals surface area contributed by atoms with E-state index in [-0.39, 0.29) is 5.41 Å². The van der Waals surface area contributed by atoms with Gasteiger partial charge in [-0.25, -0.2) is 4.98 Å². The van der Waals surface area contributed by atoms with Crippen molar-refractivity contribution in [3.05, 3.63) is 23.2 Å². The quantitative estimate of drug-likeness (QED) is 0.912. The molecular weight excluding hydrogens is 296 g/mol. The predicted octanol–water partition coefficient (Wildman–Crippen LogP) is 1.24. The van der Waals surface area contributed by atoms with Gasteiger partial charge in [0.2, 0.25) is 17.6 Å². The highest BCUT2D eigenvalue weighted by molar-refractivity contribution is 5.66. The molecule has 0 bridgehead atoms. The number of aromatic nitrogens is 3. The van der Waals surface area contributed by atoms with Crippen LogP contribution in [0.2, 0.25) is 0 Å². The van der Waals surface area contributed by atoms with Crippen LogP contribution in [-0.4, -0.2) is 48.5 Å². The molecule has 2 fully saturated rings. The minimum absolute atomic E-state index is 0.204. The highest BCUT2D eigenvalue weighted by atomic mass is 16.5. The molecule has 2 aliphatic rings. The molecule has 4 rings (SSSR count). The van der Waals surface area contributed by atoms with Gasteiger partial charge in [0.05, 0.1) is 31.3 Å². The van der Waals surface area contributed by atoms with Crippen molar-refractivity contribution in [2.75, 3.05) is 33.4 Å². The lowest BCUT2D eigenvalue weighted by Gasteiger charge is -2.20. The van der Waals surface area contributed by atoms with Crippen molar-refractivity contribution in [2.45, 2.75) is 19.3 Å². The van der Waals surface area contributed by atoms with Crippen LogP contribution in [0.15, 0.2) is 10.6 Å². The largest absolute Gasteiger partial charge is 0.480 e. The first-order valence-corrected chi connectivity index (χ1v) is 7.79. The fourth-order valence-corrected chi connectivity index (χ4v) is 3.64. The number of pyridine rings is 1. The van der Waals surface area contributed by atoms with Crippen molar-refractivity contribution in [1.29, 1.82) is 0 Å². The number of hydrogen-bond donors (Lipinski definition) is 1. The summed E-state index contributed by atoms with van der Waals surface area (Å²) in [5.74, 6) is 2.07. The van der Waals surface area contributed by atoms with E-state index in [1.807, 2.05) is 19.9 Å². The molecule has 0 aliphatic carbocycles. The SMILES string of the molecule is COc1nc(C)cc(C)c1-c1noc([C@]23CNC[C@H]2COC3)n1. The number of nitrogens with zero attached hydrogens (tertiary/aromatic N) is 3. The molecule has 0 spiro atoms. The van der Waals surface area contributed by atoms with Gasteiger partial charge in [-0.05, 0) is 25.5 Å². The monoisotopic (exact) mass is 316 g/mol. The fourth-order valence-electron chi connectivity index (χ4n) is 3.64. The van der Waals surface area contributed by atoms with Crippen LogP contribution in [-0.2, 0) is 10.2 Å². The number of rotatable bonds is 3. The molecule has 2 aromatic heterocycles. The van der Waals surface area contributed by atoms with Crippen LogP contribution >= 0.6 is 0 Å². The molecule has 1 N–H and O–H groups in total. The molecule has 2 aliphatic heterocycles. The summed E-state index contributed by atoms with van der Waals surface area (Å²) in [6.07, 6.45) is 0. The molecule has 0 unspecified atom stereocenters. The van der Waals surface area contributed by atoms with Gasteiger partial charge in [0.25, 0.3) is 0 Å². The van der Waals surface area contributed by atoms with Crippen molar-refractivity contribution < 1.29 is 14.0 Å². The molecule has 23 heavy (non-hydrogen) atoms. The number of methoxy groups -OCH3 is 1. The van der Waals surface area contributed by atoms with Crippen LogP contribution in [0.25, 0.3) is 11.4 Å². The number of hydrogen-bond acceptors (Lipinski definition) is 7. The Labute approximate surface area is 134 Å². The van der Waals surface area contributed by atoms with Crippen LogP contribution in [0.4, 0.5) is 0 Å². The van der Waals surface area contributed by atoms with Gasteiger partial charge in [0, 0.05) is 24.7 Å². The van der Waals surface area contributed by atoms with Gasteiger partial charge >= 0.3 is 0 Å². The highest BCUT2D eigenvalue weighted by Crippen LogP contribution is 2.41. The Hall–Kier alpha value is -1.99. The smallest absolute Gasteiger partial charge is 0.237 e. The molecule has 4 heterocycles. The molecule has 2 aromatic rings. The van der Waals surface area contributed by atoms with E-state index in [2.05, 4.69) is 20.4 Å². The Balaban J connectivity index is 1.77. The van der Waals surface area contributed by atoms with Crippen LogP contribution < -0.4 is 10.1 Å². The van der Waals surface area contributed by atoms with Gasteiger partial charge < -0.3 is 19.3 Å². The van der Waals surface area contributed by atoms with E-state index < -0.39 is 0 Å². The average Bonchev–Trinajstić information content (AvgIpc) is 3.20. The van der Waals surface area contributed by atoms with Crippen molar-refractivity contribution in [2.24, 2.45) is 5.92 Å². The minimum atomic E-state index is -0.204. The summed E-state index contributed by atoms with van der Waals surface area (Å²) in [5, 5.41) is 7.61. The molecule has 7 heteroatoms. The van der Waals surface area contributed by atoms with Gasteiger partial charge in [-0.1, -0.05) is 5.16 Å². The Kier molecular flexibility index (Phi) is 3.35. The van der Waals surface area contributed by atoms with E-state index in [4.69, 9.17) is 14.0 Å². The summed E-state index contributed by atoms with van der Waals surface area (Å²) < 4.78 is 16.7. The molecule has 7 nitrogen and oxygen atoms in total. The first-order valence-electron chi connectivity index (χ1n) is 7.79. The van der Waals surface area contributed by atoms with E-state index in [9.17, 15) is 0 Å². The van der Waals surface area contributed by atoms with Crippen LogP contribution in [0, 0.1) is 19.8 Å². The first-order chi connectivity index (χ1) is 11.1.